The van der Waals surface area contributed by atoms with E-state index in [9.17, 15) is 4.79 Å². The van der Waals surface area contributed by atoms with Gasteiger partial charge >= 0.3 is 0 Å². The number of rotatable bonds is 9. The van der Waals surface area contributed by atoms with Crippen molar-refractivity contribution in [3.8, 4) is 5.75 Å². The minimum Gasteiger partial charge on any atom is -0.488 e. The van der Waals surface area contributed by atoms with Gasteiger partial charge in [-0.1, -0.05) is 19.1 Å². The molecule has 0 spiro atoms. The van der Waals surface area contributed by atoms with Gasteiger partial charge in [0.05, 0.1) is 13.2 Å². The highest BCUT2D eigenvalue weighted by molar-refractivity contribution is 14.0. The predicted octanol–water partition coefficient (Wildman–Crippen LogP) is 2.36. The molecule has 0 radical (unpaired) electrons. The number of aliphatic imine (C=N–C) groups is 1. The Kier molecular flexibility index (Phi) is 11.9. The van der Waals surface area contributed by atoms with Gasteiger partial charge in [-0.15, -0.1) is 24.0 Å². The number of carbonyl (C=O) groups is 1. The summed E-state index contributed by atoms with van der Waals surface area (Å²) in [5.74, 6) is 1.59. The van der Waals surface area contributed by atoms with Crippen LogP contribution in [-0.2, 0) is 16.1 Å². The number of nitrogens with one attached hydrogen (secondary N) is 3. The highest BCUT2D eigenvalue weighted by Gasteiger charge is 2.18. The maximum absolute atomic E-state index is 11.7. The van der Waals surface area contributed by atoms with Gasteiger partial charge in [0.1, 0.15) is 11.9 Å². The first kappa shape index (κ1) is 24.5. The number of nitrogens with zero attached hydrogens (tertiary/aromatic N) is 1. The van der Waals surface area contributed by atoms with Gasteiger partial charge in [0.2, 0.25) is 5.91 Å². The van der Waals surface area contributed by atoms with Crippen LogP contribution in [0.2, 0.25) is 0 Å². The molecule has 8 heteroatoms. The summed E-state index contributed by atoms with van der Waals surface area (Å²) in [6.45, 7) is 7.33. The molecule has 3 N–H and O–H groups in total. The summed E-state index contributed by atoms with van der Waals surface area (Å²) in [5.41, 5.74) is 2.23. The fourth-order valence-electron chi connectivity index (χ4n) is 2.75. The molecule has 1 saturated heterocycles. The monoisotopic (exact) mass is 504 g/mol. The van der Waals surface area contributed by atoms with Crippen LogP contribution in [0.15, 0.2) is 23.2 Å². The van der Waals surface area contributed by atoms with Crippen molar-refractivity contribution in [2.75, 3.05) is 33.4 Å². The molecule has 0 saturated carbocycles. The van der Waals surface area contributed by atoms with Gasteiger partial charge in [-0.25, -0.2) is 0 Å². The van der Waals surface area contributed by atoms with Crippen LogP contribution in [0.3, 0.4) is 0 Å². The van der Waals surface area contributed by atoms with E-state index in [1.807, 2.05) is 6.92 Å². The molecule has 1 heterocycles. The lowest BCUT2D eigenvalue weighted by Crippen LogP contribution is -2.39. The Morgan fingerprint density at radius 3 is 2.79 bits per heavy atom. The maximum atomic E-state index is 11.7. The number of amides is 1. The first-order valence-corrected chi connectivity index (χ1v) is 9.67. The van der Waals surface area contributed by atoms with Gasteiger partial charge < -0.3 is 25.4 Å². The minimum atomic E-state index is 0. The molecule has 158 valence electrons. The fourth-order valence-corrected chi connectivity index (χ4v) is 2.75. The number of carbonyl (C=O) groups excluding carboxylic acids is 1. The normalized spacial score (nSPS) is 16.2. The Morgan fingerprint density at radius 2 is 2.11 bits per heavy atom. The molecular weight excluding hydrogens is 471 g/mol. The summed E-state index contributed by atoms with van der Waals surface area (Å²) >= 11 is 0. The van der Waals surface area contributed by atoms with Crippen molar-refractivity contribution in [3.05, 3.63) is 29.3 Å². The molecule has 1 amide bonds. The highest BCUT2D eigenvalue weighted by atomic mass is 127. The minimum absolute atomic E-state index is 0. The fraction of sp³-hybridized carbons (Fsp3) is 0.600. The summed E-state index contributed by atoms with van der Waals surface area (Å²) in [5, 5.41) is 9.31. The van der Waals surface area contributed by atoms with Crippen LogP contribution in [0.5, 0.6) is 5.75 Å². The molecule has 28 heavy (non-hydrogen) atoms. The SMILES string of the molecule is CCCNC(=O)CCNC(=NC)NCc1ccc(C)cc1OC1CCOC1.I. The van der Waals surface area contributed by atoms with E-state index in [2.05, 4.69) is 46.1 Å². The van der Waals surface area contributed by atoms with Gasteiger partial charge in [-0.2, -0.15) is 0 Å². The van der Waals surface area contributed by atoms with Crippen LogP contribution in [0.1, 0.15) is 37.3 Å². The maximum Gasteiger partial charge on any atom is 0.221 e. The van der Waals surface area contributed by atoms with E-state index in [4.69, 9.17) is 9.47 Å². The molecule has 0 aromatic heterocycles. The van der Waals surface area contributed by atoms with E-state index in [0.29, 0.717) is 38.6 Å². The van der Waals surface area contributed by atoms with Crippen molar-refractivity contribution in [3.63, 3.8) is 0 Å². The third kappa shape index (κ3) is 8.64. The number of hydrogen-bond acceptors (Lipinski definition) is 4. The first-order chi connectivity index (χ1) is 13.1. The largest absolute Gasteiger partial charge is 0.488 e. The Bertz CT molecular complexity index is 634. The average molecular weight is 504 g/mol. The lowest BCUT2D eigenvalue weighted by molar-refractivity contribution is -0.120. The van der Waals surface area contributed by atoms with Gasteiger partial charge in [0.25, 0.3) is 0 Å². The van der Waals surface area contributed by atoms with Gasteiger partial charge in [-0.3, -0.25) is 9.79 Å². The third-order valence-corrected chi connectivity index (χ3v) is 4.29. The van der Waals surface area contributed by atoms with Crippen molar-refractivity contribution >= 4 is 35.8 Å². The summed E-state index contributed by atoms with van der Waals surface area (Å²) < 4.78 is 11.5. The molecule has 0 aliphatic carbocycles. The summed E-state index contributed by atoms with van der Waals surface area (Å²) in [4.78, 5) is 15.9. The highest BCUT2D eigenvalue weighted by Crippen LogP contribution is 2.23. The van der Waals surface area contributed by atoms with Gasteiger partial charge in [0.15, 0.2) is 5.96 Å². The van der Waals surface area contributed by atoms with Crippen molar-refractivity contribution in [2.45, 2.75) is 45.8 Å². The molecule has 1 aromatic carbocycles. The first-order valence-electron chi connectivity index (χ1n) is 9.67. The van der Waals surface area contributed by atoms with Crippen LogP contribution in [0, 0.1) is 6.92 Å². The second-order valence-electron chi connectivity index (χ2n) is 6.67. The van der Waals surface area contributed by atoms with Crippen LogP contribution in [-0.4, -0.2) is 51.3 Å². The predicted molar refractivity (Wildman–Crippen MR) is 123 cm³/mol. The molecule has 1 atom stereocenters. The Labute approximate surface area is 185 Å². The molecule has 7 nitrogen and oxygen atoms in total. The van der Waals surface area contributed by atoms with E-state index in [1.54, 1.807) is 7.05 Å². The van der Waals surface area contributed by atoms with Crippen LogP contribution in [0.4, 0.5) is 0 Å². The van der Waals surface area contributed by atoms with Crippen LogP contribution < -0.4 is 20.7 Å². The Morgan fingerprint density at radius 1 is 1.29 bits per heavy atom. The van der Waals surface area contributed by atoms with E-state index < -0.39 is 0 Å². The average Bonchev–Trinajstić information content (AvgIpc) is 3.17. The van der Waals surface area contributed by atoms with Crippen molar-refractivity contribution in [2.24, 2.45) is 4.99 Å². The summed E-state index contributed by atoms with van der Waals surface area (Å²) in [7, 11) is 1.72. The molecule has 1 unspecified atom stereocenters. The number of aryl methyl sites for hydroxylation is 1. The van der Waals surface area contributed by atoms with E-state index in [-0.39, 0.29) is 36.0 Å². The molecular formula is C20H33IN4O3. The van der Waals surface area contributed by atoms with Crippen LogP contribution >= 0.6 is 24.0 Å². The zero-order valence-electron chi connectivity index (χ0n) is 17.0. The summed E-state index contributed by atoms with van der Waals surface area (Å²) in [6, 6.07) is 6.20. The van der Waals surface area contributed by atoms with Gasteiger partial charge in [0, 0.05) is 45.1 Å². The van der Waals surface area contributed by atoms with Crippen molar-refractivity contribution < 1.29 is 14.3 Å². The molecule has 1 aliphatic rings. The Hall–Kier alpha value is -1.55. The quantitative estimate of drug-likeness (QED) is 0.273. The molecule has 0 bridgehead atoms. The second kappa shape index (κ2) is 13.6. The molecule has 1 aromatic rings. The number of guanidine groups is 1. The third-order valence-electron chi connectivity index (χ3n) is 4.29. The topological polar surface area (TPSA) is 84.0 Å². The smallest absolute Gasteiger partial charge is 0.221 e. The summed E-state index contributed by atoms with van der Waals surface area (Å²) in [6.07, 6.45) is 2.39. The van der Waals surface area contributed by atoms with Crippen molar-refractivity contribution in [1.82, 2.24) is 16.0 Å². The lowest BCUT2D eigenvalue weighted by Gasteiger charge is -2.18. The van der Waals surface area contributed by atoms with E-state index in [0.717, 1.165) is 36.3 Å². The molecule has 1 aliphatic heterocycles. The van der Waals surface area contributed by atoms with Gasteiger partial charge in [-0.05, 0) is 25.0 Å². The van der Waals surface area contributed by atoms with Crippen molar-refractivity contribution in [1.29, 1.82) is 0 Å². The number of benzene rings is 1. The van der Waals surface area contributed by atoms with Crippen LogP contribution in [0.25, 0.3) is 0 Å². The van der Waals surface area contributed by atoms with E-state index in [1.165, 1.54) is 0 Å². The number of halogens is 1. The van der Waals surface area contributed by atoms with E-state index >= 15 is 0 Å². The standard InChI is InChI=1S/C20H32N4O3.HI/c1-4-9-22-19(25)7-10-23-20(21-3)24-13-16-6-5-15(2)12-18(16)27-17-8-11-26-14-17;/h5-6,12,17H,4,7-11,13-14H2,1-3H3,(H,22,25)(H2,21,23,24);1H. The lowest BCUT2D eigenvalue weighted by atomic mass is 10.1. The second-order valence-corrected chi connectivity index (χ2v) is 6.67. The molecule has 2 rings (SSSR count). The zero-order chi connectivity index (χ0) is 19.5. The Balaban J connectivity index is 0.00000392. The number of hydrogen-bond donors (Lipinski definition) is 3. The number of ether oxygens (including phenoxy) is 2. The zero-order valence-corrected chi connectivity index (χ0v) is 19.4. The molecule has 1 fully saturated rings.